The Labute approximate surface area is 185 Å². The number of hydrogen-bond acceptors (Lipinski definition) is 4. The predicted molar refractivity (Wildman–Crippen MR) is 120 cm³/mol. The van der Waals surface area contributed by atoms with E-state index in [1.807, 2.05) is 43.3 Å². The molecule has 0 amide bonds. The van der Waals surface area contributed by atoms with E-state index in [0.717, 1.165) is 30.4 Å². The van der Waals surface area contributed by atoms with E-state index in [9.17, 15) is 4.79 Å². The molecule has 4 nitrogen and oxygen atoms in total. The number of carbonyl (C=O) groups is 1. The summed E-state index contributed by atoms with van der Waals surface area (Å²) in [5, 5.41) is 0. The van der Waals surface area contributed by atoms with Gasteiger partial charge in [-0.3, -0.25) is 0 Å². The Hall–Kier alpha value is -2.59. The van der Waals surface area contributed by atoms with E-state index in [2.05, 4.69) is 24.3 Å². The zero-order chi connectivity index (χ0) is 21.5. The second-order valence-corrected chi connectivity index (χ2v) is 8.42. The molecule has 1 saturated heterocycles. The largest absolute Gasteiger partial charge is 0.481 e. The molecule has 2 aliphatic heterocycles. The summed E-state index contributed by atoms with van der Waals surface area (Å²) in [5.41, 5.74) is 1.80. The topological polar surface area (TPSA) is 44.8 Å². The second kappa shape index (κ2) is 10.1. The van der Waals surface area contributed by atoms with Gasteiger partial charge in [-0.1, -0.05) is 86.3 Å². The summed E-state index contributed by atoms with van der Waals surface area (Å²) < 4.78 is 18.5. The first-order valence-corrected chi connectivity index (χ1v) is 11.5. The molecule has 0 saturated carbocycles. The lowest BCUT2D eigenvalue weighted by Gasteiger charge is -2.36. The molecule has 2 heterocycles. The zero-order valence-corrected chi connectivity index (χ0v) is 18.3. The molecule has 0 radical (unpaired) electrons. The minimum atomic E-state index is -0.821. The van der Waals surface area contributed by atoms with E-state index < -0.39 is 5.60 Å². The van der Waals surface area contributed by atoms with Gasteiger partial charge in [0.25, 0.3) is 0 Å². The van der Waals surface area contributed by atoms with Gasteiger partial charge in [-0.2, -0.15) is 0 Å². The molecule has 0 spiro atoms. The molecule has 2 aliphatic rings. The minimum Gasteiger partial charge on any atom is -0.481 e. The monoisotopic (exact) mass is 420 g/mol. The number of fused-ring (bicyclic) bond motifs is 1. The molecule has 1 fully saturated rings. The van der Waals surface area contributed by atoms with Gasteiger partial charge in [0.05, 0.1) is 24.7 Å². The molecule has 4 rings (SSSR count). The Bertz CT molecular complexity index is 848. The van der Waals surface area contributed by atoms with Gasteiger partial charge >= 0.3 is 5.97 Å². The van der Waals surface area contributed by atoms with Crippen LogP contribution in [-0.4, -0.2) is 25.8 Å². The summed E-state index contributed by atoms with van der Waals surface area (Å²) >= 11 is 0. The van der Waals surface area contributed by atoms with Gasteiger partial charge in [0.2, 0.25) is 0 Å². The van der Waals surface area contributed by atoms with Gasteiger partial charge in [0.15, 0.2) is 5.60 Å². The highest BCUT2D eigenvalue weighted by Crippen LogP contribution is 2.51. The first-order chi connectivity index (χ1) is 15.2. The van der Waals surface area contributed by atoms with Crippen molar-refractivity contribution in [2.75, 3.05) is 19.8 Å². The van der Waals surface area contributed by atoms with E-state index in [4.69, 9.17) is 14.2 Å². The number of ether oxygens (including phenoxy) is 3. The fraction of sp³-hybridized carbons (Fsp3) is 0.444. The second-order valence-electron chi connectivity index (χ2n) is 8.42. The summed E-state index contributed by atoms with van der Waals surface area (Å²) in [6.07, 6.45) is 6.58. The SMILES string of the molecule is CC1=C2C(=O)OCCCCCCCCOCC2C(c2ccccc2)(c2ccccc2)O1. The van der Waals surface area contributed by atoms with Crippen LogP contribution in [0.1, 0.15) is 56.6 Å². The number of hydrogen-bond donors (Lipinski definition) is 0. The summed E-state index contributed by atoms with van der Waals surface area (Å²) in [7, 11) is 0. The van der Waals surface area contributed by atoms with Crippen LogP contribution in [0, 0.1) is 5.92 Å². The lowest BCUT2D eigenvalue weighted by Crippen LogP contribution is -2.39. The van der Waals surface area contributed by atoms with Crippen molar-refractivity contribution in [2.24, 2.45) is 5.92 Å². The highest BCUT2D eigenvalue weighted by atomic mass is 16.5. The Morgan fingerprint density at radius 2 is 1.32 bits per heavy atom. The fourth-order valence-corrected chi connectivity index (χ4v) is 4.82. The Morgan fingerprint density at radius 3 is 1.94 bits per heavy atom. The molecule has 0 bridgehead atoms. The third-order valence-electron chi connectivity index (χ3n) is 6.36. The van der Waals surface area contributed by atoms with Crippen molar-refractivity contribution in [3.8, 4) is 0 Å². The van der Waals surface area contributed by atoms with Crippen LogP contribution in [0.4, 0.5) is 0 Å². The Balaban J connectivity index is 1.76. The molecule has 0 aromatic heterocycles. The van der Waals surface area contributed by atoms with Crippen molar-refractivity contribution in [2.45, 2.75) is 51.0 Å². The average molecular weight is 421 g/mol. The van der Waals surface area contributed by atoms with Crippen molar-refractivity contribution < 1.29 is 19.0 Å². The molecule has 1 unspecified atom stereocenters. The molecule has 4 heteroatoms. The van der Waals surface area contributed by atoms with Gasteiger partial charge in [0, 0.05) is 17.7 Å². The van der Waals surface area contributed by atoms with E-state index in [0.29, 0.717) is 31.2 Å². The summed E-state index contributed by atoms with van der Waals surface area (Å²) in [6, 6.07) is 20.3. The van der Waals surface area contributed by atoms with Crippen LogP contribution < -0.4 is 0 Å². The van der Waals surface area contributed by atoms with Crippen LogP contribution in [-0.2, 0) is 24.6 Å². The van der Waals surface area contributed by atoms with Crippen molar-refractivity contribution in [1.82, 2.24) is 0 Å². The van der Waals surface area contributed by atoms with Crippen molar-refractivity contribution in [3.05, 3.63) is 83.1 Å². The number of esters is 1. The number of cyclic esters (lactones) is 1. The summed E-state index contributed by atoms with van der Waals surface area (Å²) in [4.78, 5) is 13.2. The normalized spacial score (nSPS) is 22.7. The van der Waals surface area contributed by atoms with E-state index in [1.54, 1.807) is 0 Å². The van der Waals surface area contributed by atoms with Gasteiger partial charge < -0.3 is 14.2 Å². The standard InChI is InChI=1S/C27H32O4/c1-21-25-24(20-29-18-12-4-2-3-5-13-19-30-26(25)28)27(31-21,22-14-8-6-9-15-22)23-16-10-7-11-17-23/h6-11,14-17,24H,2-5,12-13,18-20H2,1H3. The summed E-state index contributed by atoms with van der Waals surface area (Å²) in [6.45, 7) is 3.43. The lowest BCUT2D eigenvalue weighted by molar-refractivity contribution is -0.140. The number of rotatable bonds is 2. The van der Waals surface area contributed by atoms with E-state index in [-0.39, 0.29) is 11.9 Å². The molecule has 2 aromatic rings. The Morgan fingerprint density at radius 1 is 0.774 bits per heavy atom. The van der Waals surface area contributed by atoms with Crippen LogP contribution in [0.3, 0.4) is 0 Å². The highest BCUT2D eigenvalue weighted by molar-refractivity contribution is 5.91. The van der Waals surface area contributed by atoms with Crippen LogP contribution in [0.2, 0.25) is 0 Å². The van der Waals surface area contributed by atoms with E-state index in [1.165, 1.54) is 19.3 Å². The molecular weight excluding hydrogens is 388 g/mol. The van der Waals surface area contributed by atoms with Gasteiger partial charge in [-0.25, -0.2) is 4.79 Å². The van der Waals surface area contributed by atoms with Gasteiger partial charge in [-0.15, -0.1) is 0 Å². The zero-order valence-electron chi connectivity index (χ0n) is 18.3. The number of carbonyl (C=O) groups excluding carboxylic acids is 1. The third kappa shape index (κ3) is 4.54. The van der Waals surface area contributed by atoms with Crippen LogP contribution in [0.25, 0.3) is 0 Å². The fourth-order valence-electron chi connectivity index (χ4n) is 4.82. The molecule has 164 valence electrons. The smallest absolute Gasteiger partial charge is 0.337 e. The Kier molecular flexibility index (Phi) is 7.08. The van der Waals surface area contributed by atoms with Gasteiger partial charge in [-0.05, 0) is 19.8 Å². The van der Waals surface area contributed by atoms with Crippen molar-refractivity contribution in [3.63, 3.8) is 0 Å². The van der Waals surface area contributed by atoms with Crippen LogP contribution >= 0.6 is 0 Å². The maximum Gasteiger partial charge on any atom is 0.337 e. The predicted octanol–water partition coefficient (Wildman–Crippen LogP) is 5.76. The maximum absolute atomic E-state index is 13.2. The molecule has 0 aliphatic carbocycles. The van der Waals surface area contributed by atoms with E-state index >= 15 is 0 Å². The maximum atomic E-state index is 13.2. The van der Waals surface area contributed by atoms with Crippen LogP contribution in [0.5, 0.6) is 0 Å². The molecule has 31 heavy (non-hydrogen) atoms. The van der Waals surface area contributed by atoms with Crippen molar-refractivity contribution in [1.29, 1.82) is 0 Å². The molecule has 0 N–H and O–H groups in total. The van der Waals surface area contributed by atoms with Crippen LogP contribution in [0.15, 0.2) is 72.0 Å². The minimum absolute atomic E-state index is 0.281. The number of benzene rings is 2. The third-order valence-corrected chi connectivity index (χ3v) is 6.36. The molecular formula is C27H32O4. The highest BCUT2D eigenvalue weighted by Gasteiger charge is 2.53. The number of allylic oxidation sites excluding steroid dienone is 1. The van der Waals surface area contributed by atoms with Gasteiger partial charge in [0.1, 0.15) is 5.76 Å². The summed E-state index contributed by atoms with van der Waals surface area (Å²) in [5.74, 6) is 0.0584. The molecule has 2 aromatic carbocycles. The first kappa shape index (κ1) is 21.6. The molecule has 1 atom stereocenters. The average Bonchev–Trinajstić information content (AvgIpc) is 3.11. The lowest BCUT2D eigenvalue weighted by atomic mass is 9.74. The van der Waals surface area contributed by atoms with Crippen molar-refractivity contribution >= 4 is 5.97 Å². The quantitative estimate of drug-likeness (QED) is 0.579. The first-order valence-electron chi connectivity index (χ1n) is 11.5.